The van der Waals surface area contributed by atoms with E-state index in [0.717, 1.165) is 51.3 Å². The molecule has 0 spiro atoms. The molecule has 3 atom stereocenters. The summed E-state index contributed by atoms with van der Waals surface area (Å²) in [5.41, 5.74) is 0.419. The predicted molar refractivity (Wildman–Crippen MR) is 113 cm³/mol. The number of amides is 1. The van der Waals surface area contributed by atoms with E-state index in [1.165, 1.54) is 11.8 Å². The van der Waals surface area contributed by atoms with Gasteiger partial charge in [0.1, 0.15) is 12.7 Å². The molecule has 1 amide bonds. The zero-order valence-electron chi connectivity index (χ0n) is 19.2. The molecular weight excluding hydrogens is 423 g/mol. The molecule has 32 heavy (non-hydrogen) atoms. The fourth-order valence-electron chi connectivity index (χ4n) is 4.60. The lowest BCUT2D eigenvalue weighted by Gasteiger charge is -2.30. The van der Waals surface area contributed by atoms with E-state index in [4.69, 9.17) is 9.57 Å². The van der Waals surface area contributed by atoms with Gasteiger partial charge in [-0.1, -0.05) is 13.8 Å². The molecule has 0 radical (unpaired) electrons. The molecule has 1 aromatic heterocycles. The molecule has 1 aromatic rings. The first kappa shape index (κ1) is 24.8. The number of pyridine rings is 1. The van der Waals surface area contributed by atoms with Gasteiger partial charge < -0.3 is 15.0 Å². The molecule has 2 aliphatic rings. The highest BCUT2D eigenvalue weighted by Crippen LogP contribution is 2.30. The lowest BCUT2D eigenvalue weighted by atomic mass is 9.97. The van der Waals surface area contributed by atoms with Gasteiger partial charge in [0.15, 0.2) is 0 Å². The van der Waals surface area contributed by atoms with Crippen LogP contribution in [0.15, 0.2) is 12.3 Å². The van der Waals surface area contributed by atoms with Crippen LogP contribution in [0.4, 0.5) is 13.2 Å². The fraction of sp³-hybridized carbons (Fsp3) is 0.739. The number of carbonyl (C=O) groups is 1. The smallest absolute Gasteiger partial charge is 0.381 e. The van der Waals surface area contributed by atoms with Crippen molar-refractivity contribution in [1.82, 2.24) is 10.2 Å². The number of rotatable bonds is 7. The van der Waals surface area contributed by atoms with Gasteiger partial charge in [0.25, 0.3) is 0 Å². The summed E-state index contributed by atoms with van der Waals surface area (Å²) in [4.78, 5) is 19.9. The van der Waals surface area contributed by atoms with Crippen LogP contribution in [0.2, 0.25) is 0 Å². The number of nitrogens with zero attached hydrogens (tertiary/aromatic N) is 2. The number of hydrogen-bond acceptors (Lipinski definition) is 4. The van der Waals surface area contributed by atoms with Gasteiger partial charge in [0.2, 0.25) is 17.8 Å². The summed E-state index contributed by atoms with van der Waals surface area (Å²) < 4.78 is 46.6. The number of aromatic nitrogens is 1. The fourth-order valence-corrected chi connectivity index (χ4v) is 4.60. The average molecular weight is 459 g/mol. The second-order valence-corrected chi connectivity index (χ2v) is 9.01. The summed E-state index contributed by atoms with van der Waals surface area (Å²) in [5, 5.41) is 3.57. The van der Waals surface area contributed by atoms with Crippen LogP contribution in [0, 0.1) is 11.8 Å². The Labute approximate surface area is 188 Å². The number of nitrogens with one attached hydrogen (secondary N) is 1. The maximum absolute atomic E-state index is 13.3. The van der Waals surface area contributed by atoms with E-state index < -0.39 is 11.7 Å². The highest BCUT2D eigenvalue weighted by Gasteiger charge is 2.37. The van der Waals surface area contributed by atoms with E-state index in [2.05, 4.69) is 12.2 Å². The second kappa shape index (κ2) is 10.8. The third-order valence-corrected chi connectivity index (χ3v) is 6.54. The molecule has 0 saturated carbocycles. The van der Waals surface area contributed by atoms with E-state index in [1.54, 1.807) is 4.90 Å². The van der Waals surface area contributed by atoms with Gasteiger partial charge >= 0.3 is 6.18 Å². The molecule has 6 nitrogen and oxygen atoms in total. The van der Waals surface area contributed by atoms with E-state index in [9.17, 15) is 18.0 Å². The lowest BCUT2D eigenvalue weighted by molar-refractivity contribution is -0.891. The Hall–Kier alpha value is -1.87. The van der Waals surface area contributed by atoms with Crippen molar-refractivity contribution >= 4 is 5.91 Å². The SMILES string of the molecule is CO[n+]1cc(C(F)(F)F)cc2c1CCCN(C(=O)[C@H](C)CCCNC1CCOCC1C)C2. The van der Waals surface area contributed by atoms with Crippen molar-refractivity contribution < 1.29 is 32.3 Å². The zero-order chi connectivity index (χ0) is 23.3. The molecule has 1 N–H and O–H groups in total. The van der Waals surface area contributed by atoms with Crippen molar-refractivity contribution in [2.45, 2.75) is 64.7 Å². The van der Waals surface area contributed by atoms with Crippen LogP contribution in [0.1, 0.15) is 56.4 Å². The van der Waals surface area contributed by atoms with Crippen molar-refractivity contribution in [3.63, 3.8) is 0 Å². The summed E-state index contributed by atoms with van der Waals surface area (Å²) in [5.74, 6) is 0.306. The number of carbonyl (C=O) groups excluding carboxylic acids is 1. The average Bonchev–Trinajstić information content (AvgIpc) is 2.98. The Morgan fingerprint density at radius 2 is 2.22 bits per heavy atom. The summed E-state index contributed by atoms with van der Waals surface area (Å²) >= 11 is 0. The van der Waals surface area contributed by atoms with Crippen LogP contribution >= 0.6 is 0 Å². The molecule has 0 aromatic carbocycles. The number of fused-ring (bicyclic) bond motifs is 1. The Balaban J connectivity index is 1.59. The van der Waals surface area contributed by atoms with Crippen molar-refractivity contribution in [1.29, 1.82) is 0 Å². The van der Waals surface area contributed by atoms with Crippen LogP contribution in [0.3, 0.4) is 0 Å². The predicted octanol–water partition coefficient (Wildman–Crippen LogP) is 2.76. The van der Waals surface area contributed by atoms with Gasteiger partial charge in [0.05, 0.1) is 13.2 Å². The van der Waals surface area contributed by atoms with Gasteiger partial charge in [0, 0.05) is 41.8 Å². The van der Waals surface area contributed by atoms with Crippen molar-refractivity contribution in [2.24, 2.45) is 11.8 Å². The third kappa shape index (κ3) is 6.13. The van der Waals surface area contributed by atoms with Gasteiger partial charge in [-0.15, -0.1) is 0 Å². The molecule has 9 heteroatoms. The van der Waals surface area contributed by atoms with E-state index in [-0.39, 0.29) is 18.4 Å². The van der Waals surface area contributed by atoms with E-state index in [0.29, 0.717) is 42.6 Å². The number of alkyl halides is 3. The van der Waals surface area contributed by atoms with Gasteiger partial charge in [-0.25, -0.2) is 0 Å². The molecule has 2 aliphatic heterocycles. The quantitative estimate of drug-likeness (QED) is 0.504. The molecular formula is C23H35F3N3O3+. The Morgan fingerprint density at radius 1 is 1.44 bits per heavy atom. The largest absolute Gasteiger partial charge is 0.422 e. The summed E-state index contributed by atoms with van der Waals surface area (Å²) in [7, 11) is 1.35. The maximum Gasteiger partial charge on any atom is 0.422 e. The third-order valence-electron chi connectivity index (χ3n) is 6.54. The standard InChI is InChI=1S/C23H35F3N3O3/c1-16(6-4-9-27-20-8-11-32-15-17(20)2)22(30)28-10-5-7-21-18(13-28)12-19(23(24,25)26)14-29(21)31-3/h12,14,16-17,20,27H,4-11,13,15H2,1-3H3/q+1/t16-,17?,20?/m1/s1. The minimum absolute atomic E-state index is 0.00124. The van der Waals surface area contributed by atoms with Crippen LogP contribution in [0.5, 0.6) is 0 Å². The molecule has 3 rings (SSSR count). The first-order valence-electron chi connectivity index (χ1n) is 11.5. The van der Waals surface area contributed by atoms with E-state index >= 15 is 0 Å². The summed E-state index contributed by atoms with van der Waals surface area (Å²) in [6.07, 6.45) is 0.376. The maximum atomic E-state index is 13.3. The Morgan fingerprint density at radius 3 is 2.91 bits per heavy atom. The van der Waals surface area contributed by atoms with Crippen LogP contribution < -0.4 is 14.9 Å². The molecule has 3 heterocycles. The van der Waals surface area contributed by atoms with Gasteiger partial charge in [-0.2, -0.15) is 13.2 Å². The first-order chi connectivity index (χ1) is 15.2. The van der Waals surface area contributed by atoms with E-state index in [1.807, 2.05) is 6.92 Å². The molecule has 180 valence electrons. The number of hydrogen-bond donors (Lipinski definition) is 1. The molecule has 1 fully saturated rings. The van der Waals surface area contributed by atoms with Crippen LogP contribution in [-0.2, 0) is 28.7 Å². The van der Waals surface area contributed by atoms with Crippen molar-refractivity contribution in [2.75, 3.05) is 33.4 Å². The number of halogens is 3. The lowest BCUT2D eigenvalue weighted by Crippen LogP contribution is -2.46. The van der Waals surface area contributed by atoms with Crippen LogP contribution in [0.25, 0.3) is 0 Å². The summed E-state index contributed by atoms with van der Waals surface area (Å²) in [6.45, 7) is 7.20. The van der Waals surface area contributed by atoms with Gasteiger partial charge in [-0.05, 0) is 44.2 Å². The highest BCUT2D eigenvalue weighted by molar-refractivity contribution is 5.78. The monoisotopic (exact) mass is 458 g/mol. The zero-order valence-corrected chi connectivity index (χ0v) is 19.2. The molecule has 0 bridgehead atoms. The van der Waals surface area contributed by atoms with Crippen molar-refractivity contribution in [3.8, 4) is 0 Å². The summed E-state index contributed by atoms with van der Waals surface area (Å²) in [6, 6.07) is 1.60. The number of ether oxygens (including phenoxy) is 1. The van der Waals surface area contributed by atoms with Crippen LogP contribution in [-0.4, -0.2) is 50.3 Å². The minimum atomic E-state index is -4.47. The minimum Gasteiger partial charge on any atom is -0.381 e. The Kier molecular flexibility index (Phi) is 8.38. The molecule has 1 saturated heterocycles. The molecule has 0 aliphatic carbocycles. The Bertz CT molecular complexity index is 788. The normalized spacial score (nSPS) is 22.8. The topological polar surface area (TPSA) is 54.7 Å². The van der Waals surface area contributed by atoms with Crippen molar-refractivity contribution in [3.05, 3.63) is 29.1 Å². The highest BCUT2D eigenvalue weighted by atomic mass is 19.4. The molecule has 2 unspecified atom stereocenters. The first-order valence-corrected chi connectivity index (χ1v) is 11.5. The van der Waals surface area contributed by atoms with Gasteiger partial charge in [-0.3, -0.25) is 9.63 Å². The second-order valence-electron chi connectivity index (χ2n) is 9.01.